The van der Waals surface area contributed by atoms with Gasteiger partial charge in [0.15, 0.2) is 0 Å². The second-order valence-corrected chi connectivity index (χ2v) is 6.80. The van der Waals surface area contributed by atoms with Crippen molar-refractivity contribution in [3.63, 3.8) is 0 Å². The first kappa shape index (κ1) is 21.7. The number of aromatic nitrogens is 2. The van der Waals surface area contributed by atoms with Crippen molar-refractivity contribution in [1.29, 1.82) is 0 Å². The van der Waals surface area contributed by atoms with Crippen LogP contribution < -0.4 is 15.5 Å². The van der Waals surface area contributed by atoms with Crippen molar-refractivity contribution in [3.8, 4) is 5.75 Å². The van der Waals surface area contributed by atoms with Crippen LogP contribution in [0.5, 0.6) is 5.75 Å². The third-order valence-corrected chi connectivity index (χ3v) is 4.52. The van der Waals surface area contributed by atoms with E-state index >= 15 is 0 Å². The van der Waals surface area contributed by atoms with Crippen molar-refractivity contribution < 1.29 is 19.5 Å². The van der Waals surface area contributed by atoms with Gasteiger partial charge in [0.1, 0.15) is 11.6 Å². The largest absolute Gasteiger partial charge is 0.494 e. The Kier molecular flexibility index (Phi) is 8.58. The lowest BCUT2D eigenvalue weighted by Gasteiger charge is -2.26. The van der Waals surface area contributed by atoms with Gasteiger partial charge in [-0.2, -0.15) is 0 Å². The van der Waals surface area contributed by atoms with Crippen LogP contribution in [0.4, 0.5) is 5.82 Å². The van der Waals surface area contributed by atoms with E-state index < -0.39 is 5.91 Å². The average Bonchev–Trinajstić information content (AvgIpc) is 2.80. The maximum Gasteiger partial charge on any atom is 0.267 e. The predicted octanol–water partition coefficient (Wildman–Crippen LogP) is 1.71. The fourth-order valence-corrected chi connectivity index (χ4v) is 2.90. The molecule has 0 unspecified atom stereocenters. The standard InChI is InChI=1S/C21H27N5O4/c27-21(25-28)7-4-18-14-24-20(15-23-18)22-8-1-11-30-19-5-2-17(3-6-19)16-26-9-12-29-13-10-26/h2-7,14-15,28H,1,8-13,16H2,(H,22,24)(H,25,27)/b7-4+. The number of rotatable bonds is 10. The highest BCUT2D eigenvalue weighted by Crippen LogP contribution is 2.14. The van der Waals surface area contributed by atoms with Gasteiger partial charge in [0.25, 0.3) is 5.91 Å². The van der Waals surface area contributed by atoms with E-state index in [2.05, 4.69) is 32.3 Å². The van der Waals surface area contributed by atoms with Crippen molar-refractivity contribution in [2.75, 3.05) is 44.8 Å². The summed E-state index contributed by atoms with van der Waals surface area (Å²) in [5.74, 6) is 0.889. The zero-order valence-electron chi connectivity index (χ0n) is 16.8. The number of carbonyl (C=O) groups excluding carboxylic acids is 1. The highest BCUT2D eigenvalue weighted by molar-refractivity contribution is 5.90. The molecule has 1 aromatic carbocycles. The van der Waals surface area contributed by atoms with Gasteiger partial charge in [-0.05, 0) is 30.2 Å². The van der Waals surface area contributed by atoms with E-state index in [9.17, 15) is 4.79 Å². The molecule has 0 bridgehead atoms. The van der Waals surface area contributed by atoms with E-state index in [4.69, 9.17) is 14.7 Å². The molecular formula is C21H27N5O4. The zero-order chi connectivity index (χ0) is 21.0. The van der Waals surface area contributed by atoms with Crippen molar-refractivity contribution >= 4 is 17.8 Å². The molecule has 9 heteroatoms. The second kappa shape index (κ2) is 11.9. The number of ether oxygens (including phenoxy) is 2. The molecule has 0 spiro atoms. The Morgan fingerprint density at radius 2 is 2.00 bits per heavy atom. The summed E-state index contributed by atoms with van der Waals surface area (Å²) >= 11 is 0. The minimum absolute atomic E-state index is 0.518. The number of hydroxylamine groups is 1. The Bertz CT molecular complexity index is 805. The van der Waals surface area contributed by atoms with E-state index in [1.165, 1.54) is 23.2 Å². The van der Waals surface area contributed by atoms with Crippen molar-refractivity contribution in [1.82, 2.24) is 20.3 Å². The first-order valence-electron chi connectivity index (χ1n) is 9.93. The van der Waals surface area contributed by atoms with Gasteiger partial charge in [-0.1, -0.05) is 12.1 Å². The van der Waals surface area contributed by atoms with Crippen LogP contribution in [-0.2, 0) is 16.1 Å². The maximum atomic E-state index is 10.9. The molecule has 30 heavy (non-hydrogen) atoms. The molecule has 2 heterocycles. The predicted molar refractivity (Wildman–Crippen MR) is 112 cm³/mol. The number of hydrogen-bond acceptors (Lipinski definition) is 8. The fourth-order valence-electron chi connectivity index (χ4n) is 2.90. The summed E-state index contributed by atoms with van der Waals surface area (Å²) in [6.07, 6.45) is 6.57. The topological polar surface area (TPSA) is 109 Å². The Morgan fingerprint density at radius 1 is 1.20 bits per heavy atom. The molecule has 1 aliphatic rings. The number of hydrogen-bond donors (Lipinski definition) is 3. The highest BCUT2D eigenvalue weighted by Gasteiger charge is 2.10. The molecule has 0 aliphatic carbocycles. The molecule has 0 saturated carbocycles. The van der Waals surface area contributed by atoms with Crippen LogP contribution in [0.3, 0.4) is 0 Å². The molecule has 1 fully saturated rings. The van der Waals surface area contributed by atoms with E-state index in [0.717, 1.165) is 45.0 Å². The number of carbonyl (C=O) groups is 1. The lowest BCUT2D eigenvalue weighted by Crippen LogP contribution is -2.35. The van der Waals surface area contributed by atoms with Gasteiger partial charge in [0, 0.05) is 32.3 Å². The zero-order valence-corrected chi connectivity index (χ0v) is 16.8. The van der Waals surface area contributed by atoms with Gasteiger partial charge in [-0.3, -0.25) is 19.9 Å². The molecule has 9 nitrogen and oxygen atoms in total. The average molecular weight is 413 g/mol. The minimum Gasteiger partial charge on any atom is -0.494 e. The van der Waals surface area contributed by atoms with E-state index in [0.29, 0.717) is 24.7 Å². The SMILES string of the molecule is O=C(/C=C/c1cnc(NCCCOc2ccc(CN3CCOCC3)cc2)cn1)NO. The van der Waals surface area contributed by atoms with Gasteiger partial charge in [-0.15, -0.1) is 0 Å². The van der Waals surface area contributed by atoms with Crippen molar-refractivity contribution in [3.05, 3.63) is 54.0 Å². The molecule has 160 valence electrons. The summed E-state index contributed by atoms with van der Waals surface area (Å²) in [6, 6.07) is 8.24. The van der Waals surface area contributed by atoms with Crippen LogP contribution in [0.2, 0.25) is 0 Å². The first-order chi connectivity index (χ1) is 14.7. The molecular weight excluding hydrogens is 386 g/mol. The maximum absolute atomic E-state index is 10.9. The molecule has 0 atom stereocenters. The van der Waals surface area contributed by atoms with E-state index in [1.54, 1.807) is 12.4 Å². The molecule has 0 radical (unpaired) electrons. The smallest absolute Gasteiger partial charge is 0.267 e. The number of amides is 1. The van der Waals surface area contributed by atoms with Crippen LogP contribution in [0.1, 0.15) is 17.7 Å². The Morgan fingerprint density at radius 3 is 2.70 bits per heavy atom. The highest BCUT2D eigenvalue weighted by atomic mass is 16.5. The summed E-state index contributed by atoms with van der Waals surface area (Å²) in [6.45, 7) is 5.83. The lowest BCUT2D eigenvalue weighted by atomic mass is 10.2. The summed E-state index contributed by atoms with van der Waals surface area (Å²) in [7, 11) is 0. The monoisotopic (exact) mass is 413 g/mol. The minimum atomic E-state index is -0.620. The molecule has 1 aliphatic heterocycles. The summed E-state index contributed by atoms with van der Waals surface area (Å²) in [5.41, 5.74) is 3.31. The van der Waals surface area contributed by atoms with E-state index in [1.807, 2.05) is 12.1 Å². The number of nitrogens with one attached hydrogen (secondary N) is 2. The van der Waals surface area contributed by atoms with Gasteiger partial charge in [-0.25, -0.2) is 10.5 Å². The van der Waals surface area contributed by atoms with Crippen LogP contribution in [0, 0.1) is 0 Å². The molecule has 1 aromatic heterocycles. The van der Waals surface area contributed by atoms with Crippen molar-refractivity contribution in [2.24, 2.45) is 0 Å². The van der Waals surface area contributed by atoms with Gasteiger partial charge in [0.2, 0.25) is 0 Å². The van der Waals surface area contributed by atoms with Crippen LogP contribution >= 0.6 is 0 Å². The van der Waals surface area contributed by atoms with Gasteiger partial charge in [0.05, 0.1) is 37.9 Å². The fraction of sp³-hybridized carbons (Fsp3) is 0.381. The van der Waals surface area contributed by atoms with Crippen LogP contribution in [0.25, 0.3) is 6.08 Å². The molecule has 3 rings (SSSR count). The van der Waals surface area contributed by atoms with Crippen molar-refractivity contribution in [2.45, 2.75) is 13.0 Å². The number of anilines is 1. The van der Waals surface area contributed by atoms with Crippen LogP contribution in [0.15, 0.2) is 42.7 Å². The molecule has 3 N–H and O–H groups in total. The number of nitrogens with zero attached hydrogens (tertiary/aromatic N) is 3. The molecule has 1 saturated heterocycles. The Balaban J connectivity index is 1.32. The quantitative estimate of drug-likeness (QED) is 0.234. The Hall–Kier alpha value is -3.01. The van der Waals surface area contributed by atoms with E-state index in [-0.39, 0.29) is 0 Å². The molecule has 1 amide bonds. The van der Waals surface area contributed by atoms with Gasteiger partial charge >= 0.3 is 0 Å². The second-order valence-electron chi connectivity index (χ2n) is 6.80. The summed E-state index contributed by atoms with van der Waals surface area (Å²) < 4.78 is 11.2. The molecule has 2 aromatic rings. The number of benzene rings is 1. The lowest BCUT2D eigenvalue weighted by molar-refractivity contribution is -0.124. The number of morpholine rings is 1. The summed E-state index contributed by atoms with van der Waals surface area (Å²) in [5, 5.41) is 11.6. The Labute approximate surface area is 175 Å². The third-order valence-electron chi connectivity index (χ3n) is 4.52. The van der Waals surface area contributed by atoms with Gasteiger partial charge < -0.3 is 14.8 Å². The third kappa shape index (κ3) is 7.43. The first-order valence-corrected chi connectivity index (χ1v) is 9.93. The van der Waals surface area contributed by atoms with Crippen LogP contribution in [-0.4, -0.2) is 65.4 Å². The summed E-state index contributed by atoms with van der Waals surface area (Å²) in [4.78, 5) is 21.7. The normalized spacial score (nSPS) is 14.6.